The Balaban J connectivity index is 0.000000531. The number of benzene rings is 1. The minimum atomic E-state index is 0.486. The van der Waals surface area contributed by atoms with Gasteiger partial charge in [0.05, 0.1) is 5.52 Å². The third kappa shape index (κ3) is 3.09. The SMILES string of the molecule is C=CCOn1cnc2ccccc21.[Cu][Br]. The average molecular weight is 318 g/mol. The molecule has 0 aliphatic heterocycles. The molecule has 1 aromatic carbocycles. The van der Waals surface area contributed by atoms with Gasteiger partial charge in [0.1, 0.15) is 18.5 Å². The van der Waals surface area contributed by atoms with Crippen molar-refractivity contribution in [1.82, 2.24) is 9.71 Å². The first kappa shape index (κ1) is 12.3. The van der Waals surface area contributed by atoms with Crippen LogP contribution >= 0.6 is 14.1 Å². The summed E-state index contributed by atoms with van der Waals surface area (Å²) in [5, 5.41) is 0. The summed E-state index contributed by atoms with van der Waals surface area (Å²) < 4.78 is 1.65. The van der Waals surface area contributed by atoms with Crippen LogP contribution in [-0.4, -0.2) is 16.3 Å². The minimum absolute atomic E-state index is 0.486. The van der Waals surface area contributed by atoms with Gasteiger partial charge in [-0.05, 0) is 12.1 Å². The number of hydrogen-bond donors (Lipinski definition) is 0. The van der Waals surface area contributed by atoms with Crippen LogP contribution in [0.1, 0.15) is 0 Å². The summed E-state index contributed by atoms with van der Waals surface area (Å²) >= 11 is 6.50. The van der Waals surface area contributed by atoms with E-state index in [0.717, 1.165) is 11.0 Å². The molecule has 0 atom stereocenters. The van der Waals surface area contributed by atoms with E-state index in [4.69, 9.17) is 4.84 Å². The zero-order chi connectivity index (χ0) is 11.1. The summed E-state index contributed by atoms with van der Waals surface area (Å²) in [7, 11) is 0. The summed E-state index contributed by atoms with van der Waals surface area (Å²) in [6.45, 7) is 4.07. The van der Waals surface area contributed by atoms with Crippen LogP contribution in [0, 0.1) is 0 Å². The van der Waals surface area contributed by atoms with E-state index in [9.17, 15) is 0 Å². The van der Waals surface area contributed by atoms with Gasteiger partial charge in [-0.1, -0.05) is 24.8 Å². The van der Waals surface area contributed by atoms with E-state index in [2.05, 4.69) is 39.9 Å². The molecule has 0 saturated heterocycles. The summed E-state index contributed by atoms with van der Waals surface area (Å²) in [5.74, 6) is 0. The molecule has 1 heterocycles. The van der Waals surface area contributed by atoms with Crippen molar-refractivity contribution in [3.63, 3.8) is 0 Å². The second kappa shape index (κ2) is 6.67. The Labute approximate surface area is 104 Å². The molecule has 0 aliphatic rings. The van der Waals surface area contributed by atoms with E-state index in [0.29, 0.717) is 6.61 Å². The second-order valence-corrected chi connectivity index (χ2v) is 2.64. The molecule has 0 N–H and O–H groups in total. The zero-order valence-corrected chi connectivity index (χ0v) is 10.4. The normalized spacial score (nSPS) is 9.27. The van der Waals surface area contributed by atoms with E-state index >= 15 is 0 Å². The number of nitrogens with zero attached hydrogens (tertiary/aromatic N) is 2. The van der Waals surface area contributed by atoms with Crippen molar-refractivity contribution in [2.24, 2.45) is 0 Å². The van der Waals surface area contributed by atoms with Crippen LogP contribution in [0.5, 0.6) is 0 Å². The molecule has 1 aromatic heterocycles. The van der Waals surface area contributed by atoms with E-state index in [1.165, 1.54) is 0 Å². The fourth-order valence-electron chi connectivity index (χ4n) is 1.17. The predicted octanol–water partition coefficient (Wildman–Crippen LogP) is 2.49. The topological polar surface area (TPSA) is 27.1 Å². The van der Waals surface area contributed by atoms with Crippen LogP contribution in [0.4, 0.5) is 0 Å². The quantitative estimate of drug-likeness (QED) is 0.642. The van der Waals surface area contributed by atoms with Crippen LogP contribution in [0.2, 0.25) is 0 Å². The molecule has 0 unspecified atom stereocenters. The summed E-state index contributed by atoms with van der Waals surface area (Å²) in [6.07, 6.45) is 3.36. The van der Waals surface area contributed by atoms with Gasteiger partial charge < -0.3 is 4.84 Å². The van der Waals surface area contributed by atoms with Crippen molar-refractivity contribution in [2.75, 3.05) is 6.61 Å². The van der Waals surface area contributed by atoms with Gasteiger partial charge in [-0.15, -0.1) is 0 Å². The second-order valence-electron chi connectivity index (χ2n) is 2.64. The predicted molar refractivity (Wildman–Crippen MR) is 60.3 cm³/mol. The van der Waals surface area contributed by atoms with Gasteiger partial charge in [0.2, 0.25) is 0 Å². The van der Waals surface area contributed by atoms with Crippen LogP contribution in [0.15, 0.2) is 43.2 Å². The molecule has 2 rings (SSSR count). The Hall–Kier alpha value is -0.771. The Morgan fingerprint density at radius 1 is 1.47 bits per heavy atom. The molecule has 5 heteroatoms. The van der Waals surface area contributed by atoms with E-state index in [1.807, 2.05) is 24.3 Å². The number of halogens is 1. The van der Waals surface area contributed by atoms with Gasteiger partial charge in [-0.3, -0.25) is 0 Å². The van der Waals surface area contributed by atoms with Gasteiger partial charge in [0.25, 0.3) is 0 Å². The fourth-order valence-corrected chi connectivity index (χ4v) is 1.17. The van der Waals surface area contributed by atoms with Crippen molar-refractivity contribution in [3.8, 4) is 0 Å². The van der Waals surface area contributed by atoms with Crippen molar-refractivity contribution < 1.29 is 19.0 Å². The van der Waals surface area contributed by atoms with Crippen LogP contribution < -0.4 is 4.84 Å². The third-order valence-electron chi connectivity index (χ3n) is 1.75. The molecular formula is C10H10BrCuN2O. The summed E-state index contributed by atoms with van der Waals surface area (Å²) in [5.41, 5.74) is 1.91. The first-order valence-corrected chi connectivity index (χ1v) is 6.52. The Morgan fingerprint density at radius 3 is 2.93 bits per heavy atom. The van der Waals surface area contributed by atoms with Gasteiger partial charge in [-0.2, -0.15) is 4.73 Å². The van der Waals surface area contributed by atoms with Crippen molar-refractivity contribution >= 4 is 25.1 Å². The Bertz CT molecular complexity index is 430. The van der Waals surface area contributed by atoms with Crippen molar-refractivity contribution in [3.05, 3.63) is 43.2 Å². The Kier molecular flexibility index (Phi) is 5.47. The van der Waals surface area contributed by atoms with E-state index < -0.39 is 0 Å². The molecule has 0 saturated carbocycles. The Morgan fingerprint density at radius 2 is 2.20 bits per heavy atom. The molecule has 3 nitrogen and oxygen atoms in total. The van der Waals surface area contributed by atoms with E-state index in [-0.39, 0.29) is 0 Å². The first-order chi connectivity index (χ1) is 7.42. The number of aromatic nitrogens is 2. The molecular weight excluding hydrogens is 308 g/mol. The molecule has 84 valence electrons. The standard InChI is InChI=1S/C10H10N2O.BrH.Cu/c1-2-7-13-12-8-11-9-5-3-4-6-10(9)12;;/h2-6,8H,1,7H2;1H;/q;;+1/p-1. The monoisotopic (exact) mass is 316 g/mol. The van der Waals surface area contributed by atoms with Gasteiger partial charge in [0, 0.05) is 0 Å². The maximum atomic E-state index is 5.34. The third-order valence-corrected chi connectivity index (χ3v) is 1.75. The number of hydrogen-bond acceptors (Lipinski definition) is 2. The molecule has 0 fully saturated rings. The van der Waals surface area contributed by atoms with Crippen LogP contribution in [-0.2, 0) is 14.2 Å². The average Bonchev–Trinajstić information content (AvgIpc) is 2.72. The van der Waals surface area contributed by atoms with Gasteiger partial charge >= 0.3 is 28.3 Å². The summed E-state index contributed by atoms with van der Waals surface area (Å²) in [4.78, 5) is 9.52. The fraction of sp³-hybridized carbons (Fsp3) is 0.100. The van der Waals surface area contributed by atoms with Crippen molar-refractivity contribution in [2.45, 2.75) is 0 Å². The molecule has 0 aliphatic carbocycles. The van der Waals surface area contributed by atoms with Crippen LogP contribution in [0.25, 0.3) is 11.0 Å². The molecule has 0 amide bonds. The molecule has 2 aromatic rings. The number of para-hydroxylation sites is 2. The van der Waals surface area contributed by atoms with Gasteiger partial charge in [0.15, 0.2) is 0 Å². The van der Waals surface area contributed by atoms with E-state index in [1.54, 1.807) is 17.1 Å². The molecule has 0 bridgehead atoms. The summed E-state index contributed by atoms with van der Waals surface area (Å²) in [6, 6.07) is 7.82. The molecule has 0 spiro atoms. The maximum absolute atomic E-state index is 5.34. The van der Waals surface area contributed by atoms with Gasteiger partial charge in [-0.25, -0.2) is 4.98 Å². The number of imidazole rings is 1. The van der Waals surface area contributed by atoms with Crippen LogP contribution in [0.3, 0.4) is 0 Å². The number of rotatable bonds is 3. The molecule has 15 heavy (non-hydrogen) atoms. The zero-order valence-electron chi connectivity index (χ0n) is 7.86. The molecule has 0 radical (unpaired) electrons. The van der Waals surface area contributed by atoms with Crippen molar-refractivity contribution in [1.29, 1.82) is 0 Å². The number of fused-ring (bicyclic) bond motifs is 1. The first-order valence-electron chi connectivity index (χ1n) is 4.19.